The molecular weight excluding hydrogens is 387 g/mol. The molecule has 4 nitrogen and oxygen atoms in total. The minimum Gasteiger partial charge on any atom is -0.350 e. The molecule has 2 amide bonds. The third kappa shape index (κ3) is 5.67. The van der Waals surface area contributed by atoms with E-state index < -0.39 is 6.04 Å². The van der Waals surface area contributed by atoms with Crippen LogP contribution in [-0.2, 0) is 11.3 Å². The molecule has 1 atom stereocenters. The molecule has 2 aromatic rings. The summed E-state index contributed by atoms with van der Waals surface area (Å²) in [6.07, 6.45) is 0. The van der Waals surface area contributed by atoms with Crippen molar-refractivity contribution in [2.75, 3.05) is 0 Å². The van der Waals surface area contributed by atoms with Gasteiger partial charge in [0.05, 0.1) is 0 Å². The van der Waals surface area contributed by atoms with Crippen LogP contribution in [0.1, 0.15) is 29.8 Å². The van der Waals surface area contributed by atoms with Crippen molar-refractivity contribution in [2.45, 2.75) is 26.4 Å². The molecule has 2 aromatic carbocycles. The molecule has 0 bridgehead atoms. The Labute approximate surface area is 154 Å². The largest absolute Gasteiger partial charge is 0.350 e. The van der Waals surface area contributed by atoms with Crippen LogP contribution < -0.4 is 10.6 Å². The fourth-order valence-electron chi connectivity index (χ4n) is 2.26. The number of rotatable bonds is 6. The Hall–Kier alpha value is -2.21. The van der Waals surface area contributed by atoms with Crippen LogP contribution in [0.4, 0.5) is 4.39 Å². The van der Waals surface area contributed by atoms with Crippen LogP contribution in [0.3, 0.4) is 0 Å². The minimum atomic E-state index is -0.656. The average Bonchev–Trinajstić information content (AvgIpc) is 2.59. The van der Waals surface area contributed by atoms with Crippen LogP contribution >= 0.6 is 15.9 Å². The first-order valence-corrected chi connectivity index (χ1v) is 8.74. The van der Waals surface area contributed by atoms with Crippen LogP contribution in [-0.4, -0.2) is 17.9 Å². The number of nitrogens with one attached hydrogen (secondary N) is 2. The van der Waals surface area contributed by atoms with Gasteiger partial charge in [-0.25, -0.2) is 4.39 Å². The maximum Gasteiger partial charge on any atom is 0.251 e. The molecule has 0 fully saturated rings. The Bertz CT molecular complexity index is 730. The van der Waals surface area contributed by atoms with E-state index >= 15 is 0 Å². The molecule has 0 aromatic heterocycles. The van der Waals surface area contributed by atoms with E-state index in [9.17, 15) is 14.0 Å². The third-order valence-corrected chi connectivity index (χ3v) is 4.25. The summed E-state index contributed by atoms with van der Waals surface area (Å²) < 4.78 is 13.8. The highest BCUT2D eigenvalue weighted by Crippen LogP contribution is 2.11. The number of carbonyl (C=O) groups excluding carboxylic acids is 2. The third-order valence-electron chi connectivity index (χ3n) is 3.72. The smallest absolute Gasteiger partial charge is 0.251 e. The molecule has 0 spiro atoms. The summed E-state index contributed by atoms with van der Waals surface area (Å²) in [6.45, 7) is 4.00. The van der Waals surface area contributed by atoms with E-state index in [-0.39, 0.29) is 30.1 Å². The lowest BCUT2D eigenvalue weighted by atomic mass is 10.0. The maximum atomic E-state index is 12.9. The van der Waals surface area contributed by atoms with E-state index in [2.05, 4.69) is 26.6 Å². The molecule has 132 valence electrons. The van der Waals surface area contributed by atoms with Crippen molar-refractivity contribution in [1.82, 2.24) is 10.6 Å². The number of amides is 2. The first-order valence-electron chi connectivity index (χ1n) is 7.95. The SMILES string of the molecule is CC(C)[C@H](NC(=O)c1ccc(Br)cc1)C(=O)NCc1ccc(F)cc1. The number of hydrogen-bond donors (Lipinski definition) is 2. The van der Waals surface area contributed by atoms with Crippen molar-refractivity contribution >= 4 is 27.7 Å². The molecule has 0 saturated heterocycles. The monoisotopic (exact) mass is 406 g/mol. The Morgan fingerprint density at radius 1 is 1.04 bits per heavy atom. The standard InChI is InChI=1S/C19H20BrFN2O2/c1-12(2)17(23-18(24)14-5-7-15(20)8-6-14)19(25)22-11-13-3-9-16(21)10-4-13/h3-10,12,17H,11H2,1-2H3,(H,22,25)(H,23,24)/t17-/m0/s1. The Morgan fingerprint density at radius 3 is 2.20 bits per heavy atom. The fraction of sp³-hybridized carbons (Fsp3) is 0.263. The molecule has 6 heteroatoms. The van der Waals surface area contributed by atoms with Gasteiger partial charge in [-0.3, -0.25) is 9.59 Å². The fourth-order valence-corrected chi connectivity index (χ4v) is 2.53. The minimum absolute atomic E-state index is 0.0763. The Balaban J connectivity index is 1.98. The summed E-state index contributed by atoms with van der Waals surface area (Å²) in [5.74, 6) is -0.975. The van der Waals surface area contributed by atoms with Crippen LogP contribution in [0.5, 0.6) is 0 Å². The molecule has 0 unspecified atom stereocenters. The number of halogens is 2. The quantitative estimate of drug-likeness (QED) is 0.768. The van der Waals surface area contributed by atoms with Gasteiger partial charge in [-0.1, -0.05) is 41.9 Å². The lowest BCUT2D eigenvalue weighted by Gasteiger charge is -2.22. The average molecular weight is 407 g/mol. The van der Waals surface area contributed by atoms with E-state index in [1.807, 2.05) is 13.8 Å². The molecular formula is C19H20BrFN2O2. The Kier molecular flexibility index (Phi) is 6.70. The lowest BCUT2D eigenvalue weighted by Crippen LogP contribution is -2.49. The molecule has 0 radical (unpaired) electrons. The van der Waals surface area contributed by atoms with Crippen molar-refractivity contribution < 1.29 is 14.0 Å². The summed E-state index contributed by atoms with van der Waals surface area (Å²) in [5.41, 5.74) is 1.27. The lowest BCUT2D eigenvalue weighted by molar-refractivity contribution is -0.124. The highest BCUT2D eigenvalue weighted by molar-refractivity contribution is 9.10. The number of hydrogen-bond acceptors (Lipinski definition) is 2. The van der Waals surface area contributed by atoms with E-state index in [0.29, 0.717) is 5.56 Å². The molecule has 0 saturated carbocycles. The molecule has 0 aliphatic heterocycles. The van der Waals surface area contributed by atoms with Gasteiger partial charge in [-0.2, -0.15) is 0 Å². The van der Waals surface area contributed by atoms with Gasteiger partial charge in [0, 0.05) is 16.6 Å². The summed E-state index contributed by atoms with van der Waals surface area (Å²) in [7, 11) is 0. The van der Waals surface area contributed by atoms with E-state index in [4.69, 9.17) is 0 Å². The van der Waals surface area contributed by atoms with Gasteiger partial charge < -0.3 is 10.6 Å². The Morgan fingerprint density at radius 2 is 1.64 bits per heavy atom. The van der Waals surface area contributed by atoms with Gasteiger partial charge in [0.25, 0.3) is 5.91 Å². The van der Waals surface area contributed by atoms with E-state index in [0.717, 1.165) is 10.0 Å². The molecule has 2 rings (SSSR count). The highest BCUT2D eigenvalue weighted by atomic mass is 79.9. The normalized spacial score (nSPS) is 11.9. The van der Waals surface area contributed by atoms with Crippen LogP contribution in [0.25, 0.3) is 0 Å². The molecule has 25 heavy (non-hydrogen) atoms. The van der Waals surface area contributed by atoms with Crippen LogP contribution in [0, 0.1) is 11.7 Å². The predicted octanol–water partition coefficient (Wildman–Crippen LogP) is 3.66. The second kappa shape index (κ2) is 8.76. The maximum absolute atomic E-state index is 12.9. The summed E-state index contributed by atoms with van der Waals surface area (Å²) in [5, 5.41) is 5.55. The van der Waals surface area contributed by atoms with Gasteiger partial charge >= 0.3 is 0 Å². The van der Waals surface area contributed by atoms with Gasteiger partial charge in [0.2, 0.25) is 5.91 Å². The van der Waals surface area contributed by atoms with Gasteiger partial charge in [-0.15, -0.1) is 0 Å². The van der Waals surface area contributed by atoms with Crippen molar-refractivity contribution in [2.24, 2.45) is 5.92 Å². The number of carbonyl (C=O) groups is 2. The van der Waals surface area contributed by atoms with Crippen molar-refractivity contribution in [3.63, 3.8) is 0 Å². The van der Waals surface area contributed by atoms with Crippen LogP contribution in [0.2, 0.25) is 0 Å². The topological polar surface area (TPSA) is 58.2 Å². The molecule has 2 N–H and O–H groups in total. The molecule has 0 aliphatic rings. The summed E-state index contributed by atoms with van der Waals surface area (Å²) >= 11 is 3.32. The van der Waals surface area contributed by atoms with Crippen molar-refractivity contribution in [3.8, 4) is 0 Å². The second-order valence-corrected chi connectivity index (χ2v) is 6.96. The highest BCUT2D eigenvalue weighted by Gasteiger charge is 2.24. The van der Waals surface area contributed by atoms with E-state index in [1.54, 1.807) is 36.4 Å². The molecule has 0 aliphatic carbocycles. The van der Waals surface area contributed by atoms with Gasteiger partial charge in [-0.05, 0) is 47.9 Å². The molecule has 0 heterocycles. The van der Waals surface area contributed by atoms with Crippen molar-refractivity contribution in [3.05, 3.63) is 69.9 Å². The van der Waals surface area contributed by atoms with Crippen LogP contribution in [0.15, 0.2) is 53.0 Å². The first-order chi connectivity index (χ1) is 11.9. The zero-order chi connectivity index (χ0) is 18.4. The predicted molar refractivity (Wildman–Crippen MR) is 98.5 cm³/mol. The van der Waals surface area contributed by atoms with Crippen molar-refractivity contribution in [1.29, 1.82) is 0 Å². The summed E-state index contributed by atoms with van der Waals surface area (Å²) in [6, 6.07) is 12.2. The zero-order valence-corrected chi connectivity index (χ0v) is 15.6. The second-order valence-electron chi connectivity index (χ2n) is 6.05. The number of benzene rings is 2. The van der Waals surface area contributed by atoms with E-state index in [1.165, 1.54) is 12.1 Å². The zero-order valence-electron chi connectivity index (χ0n) is 14.1. The van der Waals surface area contributed by atoms with Gasteiger partial charge in [0.15, 0.2) is 0 Å². The first kappa shape index (κ1) is 19.1. The van der Waals surface area contributed by atoms with Gasteiger partial charge in [0.1, 0.15) is 11.9 Å². The summed E-state index contributed by atoms with van der Waals surface area (Å²) in [4.78, 5) is 24.8.